The SMILES string of the molecule is CSC1CCCC(NC(=O)C(N)C2CCOCC2)C1.Cl. The summed E-state index contributed by atoms with van der Waals surface area (Å²) >= 11 is 1.91. The van der Waals surface area contributed by atoms with Gasteiger partial charge >= 0.3 is 0 Å². The number of carbonyl (C=O) groups excluding carboxylic acids is 1. The number of hydrogen-bond acceptors (Lipinski definition) is 4. The van der Waals surface area contributed by atoms with Gasteiger partial charge in [0.15, 0.2) is 0 Å². The van der Waals surface area contributed by atoms with Crippen LogP contribution in [0.5, 0.6) is 0 Å². The van der Waals surface area contributed by atoms with Crippen molar-refractivity contribution in [3.63, 3.8) is 0 Å². The van der Waals surface area contributed by atoms with Gasteiger partial charge in [0.05, 0.1) is 6.04 Å². The summed E-state index contributed by atoms with van der Waals surface area (Å²) in [7, 11) is 0. The second-order valence-corrected chi connectivity index (χ2v) is 6.84. The van der Waals surface area contributed by atoms with Gasteiger partial charge in [-0.2, -0.15) is 11.8 Å². The molecule has 6 heteroatoms. The molecule has 1 aliphatic carbocycles. The van der Waals surface area contributed by atoms with E-state index in [0.717, 1.165) is 38.9 Å². The number of nitrogens with one attached hydrogen (secondary N) is 1. The van der Waals surface area contributed by atoms with Gasteiger partial charge in [0.1, 0.15) is 0 Å². The Morgan fingerprint density at radius 2 is 2.00 bits per heavy atom. The van der Waals surface area contributed by atoms with E-state index in [-0.39, 0.29) is 30.3 Å². The highest BCUT2D eigenvalue weighted by atomic mass is 35.5. The molecular formula is C14H27ClN2O2S. The van der Waals surface area contributed by atoms with Crippen LogP contribution in [-0.4, -0.2) is 42.7 Å². The van der Waals surface area contributed by atoms with Gasteiger partial charge in [-0.3, -0.25) is 4.79 Å². The standard InChI is InChI=1S/C14H26N2O2S.ClH/c1-19-12-4-2-3-11(9-12)16-14(17)13(15)10-5-7-18-8-6-10;/h10-13H,2-9,15H2,1H3,(H,16,17);1H. The van der Waals surface area contributed by atoms with E-state index in [4.69, 9.17) is 10.5 Å². The van der Waals surface area contributed by atoms with E-state index < -0.39 is 0 Å². The number of carbonyl (C=O) groups is 1. The van der Waals surface area contributed by atoms with E-state index >= 15 is 0 Å². The molecule has 0 spiro atoms. The largest absolute Gasteiger partial charge is 0.381 e. The topological polar surface area (TPSA) is 64.4 Å². The number of rotatable bonds is 4. The molecule has 1 amide bonds. The van der Waals surface area contributed by atoms with Crippen LogP contribution in [0.15, 0.2) is 0 Å². The van der Waals surface area contributed by atoms with Crippen LogP contribution in [-0.2, 0) is 9.53 Å². The van der Waals surface area contributed by atoms with Gasteiger partial charge in [-0.15, -0.1) is 12.4 Å². The van der Waals surface area contributed by atoms with Crippen LogP contribution in [0.25, 0.3) is 0 Å². The Kier molecular flexibility index (Phi) is 8.25. The van der Waals surface area contributed by atoms with Crippen molar-refractivity contribution in [3.05, 3.63) is 0 Å². The van der Waals surface area contributed by atoms with Crippen molar-refractivity contribution < 1.29 is 9.53 Å². The van der Waals surface area contributed by atoms with Crippen molar-refractivity contribution in [2.45, 2.75) is 55.9 Å². The van der Waals surface area contributed by atoms with Crippen molar-refractivity contribution >= 4 is 30.1 Å². The normalized spacial score (nSPS) is 29.3. The smallest absolute Gasteiger partial charge is 0.237 e. The fourth-order valence-electron chi connectivity index (χ4n) is 3.08. The maximum Gasteiger partial charge on any atom is 0.237 e. The van der Waals surface area contributed by atoms with Crippen molar-refractivity contribution in [2.24, 2.45) is 11.7 Å². The third-order valence-electron chi connectivity index (χ3n) is 4.38. The average molecular weight is 323 g/mol. The van der Waals surface area contributed by atoms with E-state index in [1.807, 2.05) is 11.8 Å². The summed E-state index contributed by atoms with van der Waals surface area (Å²) in [6, 6.07) is -0.0388. The first-order valence-electron chi connectivity index (χ1n) is 7.37. The lowest BCUT2D eigenvalue weighted by atomic mass is 9.90. The third kappa shape index (κ3) is 5.10. The van der Waals surface area contributed by atoms with Crippen LogP contribution in [0.4, 0.5) is 0 Å². The fourth-order valence-corrected chi connectivity index (χ4v) is 3.90. The van der Waals surface area contributed by atoms with Gasteiger partial charge in [-0.25, -0.2) is 0 Å². The van der Waals surface area contributed by atoms with E-state index in [1.54, 1.807) is 0 Å². The molecule has 0 aromatic rings. The van der Waals surface area contributed by atoms with Crippen LogP contribution < -0.4 is 11.1 Å². The lowest BCUT2D eigenvalue weighted by Crippen LogP contribution is -2.51. The fraction of sp³-hybridized carbons (Fsp3) is 0.929. The number of ether oxygens (including phenoxy) is 1. The predicted molar refractivity (Wildman–Crippen MR) is 86.5 cm³/mol. The van der Waals surface area contributed by atoms with Crippen molar-refractivity contribution in [2.75, 3.05) is 19.5 Å². The predicted octanol–water partition coefficient (Wildman–Crippen LogP) is 1.95. The van der Waals surface area contributed by atoms with Crippen molar-refractivity contribution in [3.8, 4) is 0 Å². The zero-order valence-electron chi connectivity index (χ0n) is 12.2. The summed E-state index contributed by atoms with van der Waals surface area (Å²) in [6.07, 6.45) is 8.65. The van der Waals surface area contributed by atoms with Gasteiger partial charge in [-0.1, -0.05) is 6.42 Å². The molecular weight excluding hydrogens is 296 g/mol. The Morgan fingerprint density at radius 1 is 1.30 bits per heavy atom. The van der Waals surface area contributed by atoms with Gasteiger partial charge in [-0.05, 0) is 44.3 Å². The molecule has 1 saturated carbocycles. The molecule has 1 heterocycles. The molecule has 3 atom stereocenters. The molecule has 1 aliphatic heterocycles. The first-order chi connectivity index (χ1) is 9.20. The Hall–Kier alpha value is 0.0300. The van der Waals surface area contributed by atoms with Gasteiger partial charge < -0.3 is 15.8 Å². The summed E-state index contributed by atoms with van der Waals surface area (Å²) in [5.41, 5.74) is 6.10. The third-order valence-corrected chi connectivity index (χ3v) is 5.48. The van der Waals surface area contributed by atoms with Gasteiger partial charge in [0.2, 0.25) is 5.91 Å². The molecule has 0 aromatic carbocycles. The minimum absolute atomic E-state index is 0. The number of thioether (sulfide) groups is 1. The zero-order chi connectivity index (χ0) is 13.7. The Morgan fingerprint density at radius 3 is 2.65 bits per heavy atom. The number of nitrogens with two attached hydrogens (primary N) is 1. The maximum atomic E-state index is 12.2. The molecule has 1 saturated heterocycles. The monoisotopic (exact) mass is 322 g/mol. The van der Waals surface area contributed by atoms with E-state index in [0.29, 0.717) is 11.3 Å². The average Bonchev–Trinajstić information content (AvgIpc) is 2.47. The van der Waals surface area contributed by atoms with Crippen molar-refractivity contribution in [1.82, 2.24) is 5.32 Å². The molecule has 2 rings (SSSR count). The number of hydrogen-bond donors (Lipinski definition) is 2. The van der Waals surface area contributed by atoms with E-state index in [9.17, 15) is 4.79 Å². The Labute approximate surface area is 132 Å². The van der Waals surface area contributed by atoms with Crippen LogP contribution in [0.3, 0.4) is 0 Å². The highest BCUT2D eigenvalue weighted by Gasteiger charge is 2.29. The van der Waals surface area contributed by atoms with Gasteiger partial charge in [0, 0.05) is 24.5 Å². The first-order valence-corrected chi connectivity index (χ1v) is 8.66. The molecule has 20 heavy (non-hydrogen) atoms. The second kappa shape index (κ2) is 9.13. The van der Waals surface area contributed by atoms with Crippen LogP contribution in [0.1, 0.15) is 38.5 Å². The molecule has 0 aromatic heterocycles. The van der Waals surface area contributed by atoms with Crippen LogP contribution >= 0.6 is 24.2 Å². The Balaban J connectivity index is 0.00000200. The molecule has 2 fully saturated rings. The Bertz CT molecular complexity index is 301. The van der Waals surface area contributed by atoms with E-state index in [2.05, 4.69) is 11.6 Å². The van der Waals surface area contributed by atoms with Crippen molar-refractivity contribution in [1.29, 1.82) is 0 Å². The van der Waals surface area contributed by atoms with Crippen LogP contribution in [0.2, 0.25) is 0 Å². The highest BCUT2D eigenvalue weighted by molar-refractivity contribution is 7.99. The minimum atomic E-state index is -0.362. The lowest BCUT2D eigenvalue weighted by molar-refractivity contribution is -0.125. The summed E-state index contributed by atoms with van der Waals surface area (Å²) in [5.74, 6) is 0.326. The lowest BCUT2D eigenvalue weighted by Gasteiger charge is -2.31. The molecule has 3 unspecified atom stereocenters. The first kappa shape index (κ1) is 18.1. The molecule has 118 valence electrons. The summed E-state index contributed by atoms with van der Waals surface area (Å²) in [6.45, 7) is 1.48. The molecule has 3 N–H and O–H groups in total. The second-order valence-electron chi connectivity index (χ2n) is 5.71. The zero-order valence-corrected chi connectivity index (χ0v) is 13.8. The molecule has 2 aliphatic rings. The summed E-state index contributed by atoms with van der Waals surface area (Å²) in [5, 5.41) is 3.86. The van der Waals surface area contributed by atoms with Crippen LogP contribution in [0, 0.1) is 5.92 Å². The number of amides is 1. The maximum absolute atomic E-state index is 12.2. The molecule has 0 radical (unpaired) electrons. The minimum Gasteiger partial charge on any atom is -0.381 e. The molecule has 4 nitrogen and oxygen atoms in total. The summed E-state index contributed by atoms with van der Waals surface area (Å²) < 4.78 is 5.32. The molecule has 0 bridgehead atoms. The number of halogens is 1. The highest BCUT2D eigenvalue weighted by Crippen LogP contribution is 2.27. The van der Waals surface area contributed by atoms with Gasteiger partial charge in [0.25, 0.3) is 0 Å². The summed E-state index contributed by atoms with van der Waals surface area (Å²) in [4.78, 5) is 12.2. The quantitative estimate of drug-likeness (QED) is 0.830. The van der Waals surface area contributed by atoms with E-state index in [1.165, 1.54) is 12.8 Å².